The third kappa shape index (κ3) is 0.807. The van der Waals surface area contributed by atoms with Gasteiger partial charge in [-0.1, -0.05) is 13.0 Å². The first kappa shape index (κ1) is 8.27. The molecule has 0 spiro atoms. The van der Waals surface area contributed by atoms with Crippen LogP contribution in [0.2, 0.25) is 0 Å². The quantitative estimate of drug-likeness (QED) is 0.591. The molecule has 3 N–H and O–H groups in total. The summed E-state index contributed by atoms with van der Waals surface area (Å²) in [6.07, 6.45) is 2.94. The maximum Gasteiger partial charge on any atom is 0.324 e. The zero-order chi connectivity index (χ0) is 8.70. The van der Waals surface area contributed by atoms with Gasteiger partial charge < -0.3 is 10.8 Å². The zero-order valence-corrected chi connectivity index (χ0v) is 6.63. The highest BCUT2D eigenvalue weighted by Gasteiger charge is 2.67. The number of carboxylic acids is 1. The van der Waals surface area contributed by atoms with Gasteiger partial charge in [0.15, 0.2) is 0 Å². The molecule has 0 saturated heterocycles. The first-order valence-corrected chi connectivity index (χ1v) is 3.68. The summed E-state index contributed by atoms with van der Waals surface area (Å²) >= 11 is 0. The van der Waals surface area contributed by atoms with Gasteiger partial charge in [0, 0.05) is 5.41 Å². The highest BCUT2D eigenvalue weighted by Crippen LogP contribution is 2.57. The van der Waals surface area contributed by atoms with Gasteiger partial charge in [0.25, 0.3) is 0 Å². The van der Waals surface area contributed by atoms with Gasteiger partial charge in [0.1, 0.15) is 5.54 Å². The van der Waals surface area contributed by atoms with Crippen LogP contribution in [0.25, 0.3) is 0 Å². The standard InChI is InChI=1S/C8H13NO2/c1-3-7(4-2)5-8(7,9)6(10)11/h3H,1,4-5,9H2,2H3,(H,10,11). The molecule has 0 aromatic carbocycles. The van der Waals surface area contributed by atoms with Crippen molar-refractivity contribution >= 4 is 5.97 Å². The van der Waals surface area contributed by atoms with Crippen LogP contribution in [0.3, 0.4) is 0 Å². The SMILES string of the molecule is C=CC1(CC)CC1(N)C(=O)O. The second kappa shape index (κ2) is 2.08. The van der Waals surface area contributed by atoms with Crippen molar-refractivity contribution in [1.82, 2.24) is 0 Å². The lowest BCUT2D eigenvalue weighted by molar-refractivity contribution is -0.140. The number of aliphatic carboxylic acids is 1. The van der Waals surface area contributed by atoms with Crippen molar-refractivity contribution in [2.45, 2.75) is 25.3 Å². The van der Waals surface area contributed by atoms with Crippen molar-refractivity contribution in [3.63, 3.8) is 0 Å². The predicted molar refractivity (Wildman–Crippen MR) is 42.1 cm³/mol. The van der Waals surface area contributed by atoms with Crippen molar-refractivity contribution < 1.29 is 9.90 Å². The van der Waals surface area contributed by atoms with Gasteiger partial charge in [-0.3, -0.25) is 4.79 Å². The van der Waals surface area contributed by atoms with Crippen molar-refractivity contribution in [3.05, 3.63) is 12.7 Å². The van der Waals surface area contributed by atoms with E-state index in [0.29, 0.717) is 6.42 Å². The molecule has 0 amide bonds. The summed E-state index contributed by atoms with van der Waals surface area (Å²) in [4.78, 5) is 10.6. The van der Waals surface area contributed by atoms with E-state index in [-0.39, 0.29) is 5.41 Å². The predicted octanol–water partition coefficient (Wildman–Crippen LogP) is 0.755. The summed E-state index contributed by atoms with van der Waals surface area (Å²) in [6, 6.07) is 0. The van der Waals surface area contributed by atoms with Gasteiger partial charge in [-0.2, -0.15) is 0 Å². The fourth-order valence-corrected chi connectivity index (χ4v) is 1.58. The molecular formula is C8H13NO2. The summed E-state index contributed by atoms with van der Waals surface area (Å²) in [6.45, 7) is 5.53. The van der Waals surface area contributed by atoms with Crippen LogP contribution >= 0.6 is 0 Å². The normalized spacial score (nSPS) is 41.6. The van der Waals surface area contributed by atoms with E-state index in [1.165, 1.54) is 0 Å². The summed E-state index contributed by atoms with van der Waals surface area (Å²) in [5.74, 6) is -0.917. The molecule has 3 nitrogen and oxygen atoms in total. The average Bonchev–Trinajstić information content (AvgIpc) is 2.59. The maximum absolute atomic E-state index is 10.6. The number of hydrogen-bond donors (Lipinski definition) is 2. The van der Waals surface area contributed by atoms with Gasteiger partial charge in [-0.15, -0.1) is 6.58 Å². The number of carboxylic acid groups (broad SMARTS) is 1. The van der Waals surface area contributed by atoms with Gasteiger partial charge >= 0.3 is 5.97 Å². The lowest BCUT2D eigenvalue weighted by Gasteiger charge is -2.12. The van der Waals surface area contributed by atoms with Crippen molar-refractivity contribution in [2.24, 2.45) is 11.1 Å². The van der Waals surface area contributed by atoms with E-state index in [0.717, 1.165) is 6.42 Å². The first-order valence-electron chi connectivity index (χ1n) is 3.68. The lowest BCUT2D eigenvalue weighted by Crippen LogP contribution is -2.38. The molecule has 0 aromatic heterocycles. The molecule has 1 aliphatic rings. The van der Waals surface area contributed by atoms with Crippen molar-refractivity contribution in [2.75, 3.05) is 0 Å². The van der Waals surface area contributed by atoms with Crippen LogP contribution in [0.15, 0.2) is 12.7 Å². The van der Waals surface area contributed by atoms with Crippen LogP contribution in [0.4, 0.5) is 0 Å². The number of hydrogen-bond acceptors (Lipinski definition) is 2. The van der Waals surface area contributed by atoms with Gasteiger partial charge in [-0.25, -0.2) is 0 Å². The van der Waals surface area contributed by atoms with Crippen LogP contribution in [0.1, 0.15) is 19.8 Å². The Morgan fingerprint density at radius 3 is 2.55 bits per heavy atom. The smallest absolute Gasteiger partial charge is 0.324 e. The molecule has 3 heteroatoms. The summed E-state index contributed by atoms with van der Waals surface area (Å²) in [5.41, 5.74) is 4.23. The molecular weight excluding hydrogens is 142 g/mol. The average molecular weight is 155 g/mol. The molecule has 1 rings (SSSR count). The molecule has 0 aliphatic heterocycles. The second-order valence-corrected chi connectivity index (χ2v) is 3.17. The second-order valence-electron chi connectivity index (χ2n) is 3.17. The summed E-state index contributed by atoms with van der Waals surface area (Å²) in [7, 11) is 0. The van der Waals surface area contributed by atoms with Crippen LogP contribution in [-0.4, -0.2) is 16.6 Å². The first-order chi connectivity index (χ1) is 5.02. The highest BCUT2D eigenvalue weighted by atomic mass is 16.4. The van der Waals surface area contributed by atoms with Gasteiger partial charge in [0.05, 0.1) is 0 Å². The third-order valence-electron chi connectivity index (χ3n) is 2.76. The minimum atomic E-state index is -1.04. The molecule has 0 bridgehead atoms. The van der Waals surface area contributed by atoms with Crippen LogP contribution < -0.4 is 5.73 Å². The molecule has 11 heavy (non-hydrogen) atoms. The minimum Gasteiger partial charge on any atom is -0.480 e. The Kier molecular flexibility index (Phi) is 1.56. The molecule has 1 aliphatic carbocycles. The fourth-order valence-electron chi connectivity index (χ4n) is 1.58. The van der Waals surface area contributed by atoms with E-state index < -0.39 is 11.5 Å². The molecule has 1 saturated carbocycles. The van der Waals surface area contributed by atoms with E-state index >= 15 is 0 Å². The van der Waals surface area contributed by atoms with Crippen molar-refractivity contribution in [1.29, 1.82) is 0 Å². The molecule has 0 heterocycles. The van der Waals surface area contributed by atoms with Crippen LogP contribution in [0, 0.1) is 5.41 Å². The van der Waals surface area contributed by atoms with E-state index in [2.05, 4.69) is 6.58 Å². The Bertz CT molecular complexity index is 212. The van der Waals surface area contributed by atoms with Crippen LogP contribution in [0.5, 0.6) is 0 Å². The zero-order valence-electron chi connectivity index (χ0n) is 6.63. The topological polar surface area (TPSA) is 63.3 Å². The molecule has 0 aromatic rings. The third-order valence-corrected chi connectivity index (χ3v) is 2.76. The van der Waals surface area contributed by atoms with E-state index in [4.69, 9.17) is 10.8 Å². The number of carbonyl (C=O) groups is 1. The maximum atomic E-state index is 10.6. The van der Waals surface area contributed by atoms with Gasteiger partial charge in [-0.05, 0) is 12.8 Å². The Morgan fingerprint density at radius 2 is 2.45 bits per heavy atom. The van der Waals surface area contributed by atoms with E-state index in [1.54, 1.807) is 6.08 Å². The molecule has 2 atom stereocenters. The van der Waals surface area contributed by atoms with E-state index in [9.17, 15) is 4.79 Å². The molecule has 1 fully saturated rings. The summed E-state index contributed by atoms with van der Waals surface area (Å²) in [5, 5.41) is 8.74. The van der Waals surface area contributed by atoms with E-state index in [1.807, 2.05) is 6.92 Å². The molecule has 0 radical (unpaired) electrons. The summed E-state index contributed by atoms with van der Waals surface area (Å²) < 4.78 is 0. The molecule has 62 valence electrons. The minimum absolute atomic E-state index is 0.348. The highest BCUT2D eigenvalue weighted by molar-refractivity contribution is 5.85. The Morgan fingerprint density at radius 1 is 1.91 bits per heavy atom. The van der Waals surface area contributed by atoms with Gasteiger partial charge in [0.2, 0.25) is 0 Å². The van der Waals surface area contributed by atoms with Crippen LogP contribution in [-0.2, 0) is 4.79 Å². The largest absolute Gasteiger partial charge is 0.480 e. The lowest BCUT2D eigenvalue weighted by atomic mass is 9.97. The van der Waals surface area contributed by atoms with Crippen molar-refractivity contribution in [3.8, 4) is 0 Å². The monoisotopic (exact) mass is 155 g/mol. The molecule has 2 unspecified atom stereocenters. The fraction of sp³-hybridized carbons (Fsp3) is 0.625. The number of nitrogens with two attached hydrogens (primary N) is 1. The Labute approximate surface area is 65.9 Å². The number of rotatable bonds is 3. The Balaban J connectivity index is 2.84. The Hall–Kier alpha value is -0.830.